The fraction of sp³-hybridized carbons (Fsp3) is 0.846. The average Bonchev–Trinajstić information content (AvgIpc) is 2.38. The van der Waals surface area contributed by atoms with Crippen molar-refractivity contribution in [3.8, 4) is 6.07 Å². The van der Waals surface area contributed by atoms with E-state index in [1.165, 1.54) is 0 Å². The lowest BCUT2D eigenvalue weighted by molar-refractivity contribution is -0.137. The second-order valence-electron chi connectivity index (χ2n) is 6.05. The first kappa shape index (κ1) is 13.0. The van der Waals surface area contributed by atoms with Crippen LogP contribution in [-0.2, 0) is 4.79 Å². The summed E-state index contributed by atoms with van der Waals surface area (Å²) in [4.78, 5) is 14.0. The highest BCUT2D eigenvalue weighted by molar-refractivity contribution is 5.84. The normalized spacial score (nSPS) is 21.1. The van der Waals surface area contributed by atoms with Gasteiger partial charge in [-0.2, -0.15) is 5.26 Å². The van der Waals surface area contributed by atoms with Crippen molar-refractivity contribution in [1.82, 2.24) is 4.90 Å². The van der Waals surface area contributed by atoms with Gasteiger partial charge in [-0.15, -0.1) is 0 Å². The molecule has 0 unspecified atom stereocenters. The van der Waals surface area contributed by atoms with E-state index in [1.54, 1.807) is 13.8 Å². The summed E-state index contributed by atoms with van der Waals surface area (Å²) in [5.41, 5.74) is -0.555. The van der Waals surface area contributed by atoms with Crippen molar-refractivity contribution in [3.05, 3.63) is 0 Å². The van der Waals surface area contributed by atoms with Gasteiger partial charge in [-0.05, 0) is 38.5 Å². The highest BCUT2D eigenvalue weighted by Crippen LogP contribution is 2.31. The Kier molecular flexibility index (Phi) is 3.62. The first-order valence-corrected chi connectivity index (χ1v) is 5.99. The van der Waals surface area contributed by atoms with Gasteiger partial charge in [0.05, 0.1) is 6.07 Å². The van der Waals surface area contributed by atoms with E-state index in [1.807, 2.05) is 4.90 Å². The molecule has 0 spiro atoms. The zero-order valence-electron chi connectivity index (χ0n) is 10.8. The standard InChI is InChI=1S/C13H22N2O/c1-12(2)6-5-8-15(9-7-12)11(16)13(3,4)10-14/h5-9H2,1-4H3. The zero-order chi connectivity index (χ0) is 12.4. The van der Waals surface area contributed by atoms with Gasteiger partial charge in [0.25, 0.3) is 0 Å². The summed E-state index contributed by atoms with van der Waals surface area (Å²) in [6, 6.07) is 2.09. The van der Waals surface area contributed by atoms with E-state index < -0.39 is 5.41 Å². The van der Waals surface area contributed by atoms with Gasteiger partial charge in [-0.1, -0.05) is 13.8 Å². The van der Waals surface area contributed by atoms with Gasteiger partial charge in [0.2, 0.25) is 5.91 Å². The summed E-state index contributed by atoms with van der Waals surface area (Å²) in [6.45, 7) is 9.48. The molecule has 1 saturated heterocycles. The third-order valence-electron chi connectivity index (χ3n) is 3.44. The number of amides is 1. The van der Waals surface area contributed by atoms with E-state index in [2.05, 4.69) is 19.9 Å². The maximum Gasteiger partial charge on any atom is 0.242 e. The molecular weight excluding hydrogens is 200 g/mol. The van der Waals surface area contributed by atoms with Crippen molar-refractivity contribution in [1.29, 1.82) is 5.26 Å². The molecule has 1 aliphatic heterocycles. The largest absolute Gasteiger partial charge is 0.341 e. The molecule has 1 heterocycles. The van der Waals surface area contributed by atoms with Crippen molar-refractivity contribution < 1.29 is 4.79 Å². The molecule has 0 bridgehead atoms. The minimum Gasteiger partial charge on any atom is -0.341 e. The maximum atomic E-state index is 12.1. The first-order chi connectivity index (χ1) is 7.28. The summed E-state index contributed by atoms with van der Waals surface area (Å²) < 4.78 is 0. The monoisotopic (exact) mass is 222 g/mol. The highest BCUT2D eigenvalue weighted by Gasteiger charge is 2.34. The minimum absolute atomic E-state index is 0.0206. The summed E-state index contributed by atoms with van der Waals surface area (Å²) >= 11 is 0. The lowest BCUT2D eigenvalue weighted by atomic mass is 9.85. The Morgan fingerprint density at radius 1 is 1.31 bits per heavy atom. The number of likely N-dealkylation sites (tertiary alicyclic amines) is 1. The number of nitriles is 1. The number of rotatable bonds is 1. The van der Waals surface area contributed by atoms with Crippen LogP contribution < -0.4 is 0 Å². The Balaban J connectivity index is 2.70. The second-order valence-corrected chi connectivity index (χ2v) is 6.05. The third-order valence-corrected chi connectivity index (χ3v) is 3.44. The molecule has 1 aliphatic rings. The van der Waals surface area contributed by atoms with E-state index in [-0.39, 0.29) is 5.91 Å². The van der Waals surface area contributed by atoms with Crippen LogP contribution in [0.4, 0.5) is 0 Å². The van der Waals surface area contributed by atoms with Gasteiger partial charge in [-0.25, -0.2) is 0 Å². The topological polar surface area (TPSA) is 44.1 Å². The van der Waals surface area contributed by atoms with Gasteiger partial charge < -0.3 is 4.90 Å². The van der Waals surface area contributed by atoms with E-state index >= 15 is 0 Å². The fourth-order valence-electron chi connectivity index (χ4n) is 2.07. The van der Waals surface area contributed by atoms with Crippen molar-refractivity contribution in [3.63, 3.8) is 0 Å². The quantitative estimate of drug-likeness (QED) is 0.684. The fourth-order valence-corrected chi connectivity index (χ4v) is 2.07. The van der Waals surface area contributed by atoms with Gasteiger partial charge in [-0.3, -0.25) is 4.79 Å². The molecule has 0 aromatic rings. The minimum atomic E-state index is -0.880. The van der Waals surface area contributed by atoms with E-state index in [0.29, 0.717) is 5.41 Å². The smallest absolute Gasteiger partial charge is 0.242 e. The molecular formula is C13H22N2O. The number of carbonyl (C=O) groups is 1. The molecule has 3 heteroatoms. The van der Waals surface area contributed by atoms with Crippen LogP contribution >= 0.6 is 0 Å². The molecule has 0 aromatic carbocycles. The van der Waals surface area contributed by atoms with Gasteiger partial charge in [0, 0.05) is 13.1 Å². The molecule has 0 atom stereocenters. The molecule has 16 heavy (non-hydrogen) atoms. The molecule has 3 nitrogen and oxygen atoms in total. The Hall–Kier alpha value is -1.04. The molecule has 1 amide bonds. The van der Waals surface area contributed by atoms with E-state index in [4.69, 9.17) is 5.26 Å². The van der Waals surface area contributed by atoms with E-state index in [0.717, 1.165) is 32.4 Å². The van der Waals surface area contributed by atoms with Crippen LogP contribution in [0.5, 0.6) is 0 Å². The number of nitrogens with zero attached hydrogens (tertiary/aromatic N) is 2. The number of carbonyl (C=O) groups excluding carboxylic acids is 1. The van der Waals surface area contributed by atoms with Crippen LogP contribution in [0.25, 0.3) is 0 Å². The van der Waals surface area contributed by atoms with Crippen LogP contribution in [-0.4, -0.2) is 23.9 Å². The molecule has 90 valence electrons. The number of hydrogen-bond donors (Lipinski definition) is 0. The van der Waals surface area contributed by atoms with Gasteiger partial charge in [0.15, 0.2) is 0 Å². The zero-order valence-corrected chi connectivity index (χ0v) is 10.8. The summed E-state index contributed by atoms with van der Waals surface area (Å²) in [7, 11) is 0. The van der Waals surface area contributed by atoms with Crippen molar-refractivity contribution in [2.75, 3.05) is 13.1 Å². The molecule has 0 radical (unpaired) electrons. The van der Waals surface area contributed by atoms with Crippen molar-refractivity contribution >= 4 is 5.91 Å². The van der Waals surface area contributed by atoms with Gasteiger partial charge >= 0.3 is 0 Å². The Morgan fingerprint density at radius 2 is 1.94 bits per heavy atom. The van der Waals surface area contributed by atoms with Crippen LogP contribution in [0.15, 0.2) is 0 Å². The van der Waals surface area contributed by atoms with Crippen LogP contribution in [0, 0.1) is 22.2 Å². The predicted molar refractivity (Wildman–Crippen MR) is 63.6 cm³/mol. The lowest BCUT2D eigenvalue weighted by Crippen LogP contribution is -2.41. The Morgan fingerprint density at radius 3 is 2.50 bits per heavy atom. The molecule has 1 fully saturated rings. The predicted octanol–water partition coefficient (Wildman–Crippen LogP) is 2.57. The number of hydrogen-bond acceptors (Lipinski definition) is 2. The van der Waals surface area contributed by atoms with Crippen molar-refractivity contribution in [2.24, 2.45) is 10.8 Å². The average molecular weight is 222 g/mol. The summed E-state index contributed by atoms with van der Waals surface area (Å²) in [6.07, 6.45) is 3.23. The van der Waals surface area contributed by atoms with Crippen molar-refractivity contribution in [2.45, 2.75) is 47.0 Å². The van der Waals surface area contributed by atoms with Crippen LogP contribution in [0.2, 0.25) is 0 Å². The highest BCUT2D eigenvalue weighted by atomic mass is 16.2. The molecule has 0 aliphatic carbocycles. The first-order valence-electron chi connectivity index (χ1n) is 5.99. The molecule has 0 saturated carbocycles. The maximum absolute atomic E-state index is 12.1. The Bertz CT molecular complexity index is 312. The lowest BCUT2D eigenvalue weighted by Gasteiger charge is -2.27. The Labute approximate surface area is 98.4 Å². The second kappa shape index (κ2) is 4.45. The summed E-state index contributed by atoms with van der Waals surface area (Å²) in [5.74, 6) is -0.0206. The molecule has 1 rings (SSSR count). The van der Waals surface area contributed by atoms with E-state index in [9.17, 15) is 4.79 Å². The molecule has 0 aromatic heterocycles. The third kappa shape index (κ3) is 2.98. The SMILES string of the molecule is CC1(C)CCCN(C(=O)C(C)(C)C#N)CC1. The summed E-state index contributed by atoms with van der Waals surface area (Å²) in [5, 5.41) is 8.97. The van der Waals surface area contributed by atoms with Crippen LogP contribution in [0.1, 0.15) is 47.0 Å². The molecule has 0 N–H and O–H groups in total. The van der Waals surface area contributed by atoms with Gasteiger partial charge in [0.1, 0.15) is 5.41 Å². The van der Waals surface area contributed by atoms with Crippen LogP contribution in [0.3, 0.4) is 0 Å².